The van der Waals surface area contributed by atoms with Crippen LogP contribution in [-0.4, -0.2) is 30.1 Å². The van der Waals surface area contributed by atoms with Gasteiger partial charge in [0.05, 0.1) is 0 Å². The number of rotatable bonds is 3. The van der Waals surface area contributed by atoms with Crippen LogP contribution in [0.15, 0.2) is 18.2 Å². The lowest BCUT2D eigenvalue weighted by atomic mass is 10.0. The fourth-order valence-corrected chi connectivity index (χ4v) is 2.66. The second kappa shape index (κ2) is 5.94. The van der Waals surface area contributed by atoms with Gasteiger partial charge >= 0.3 is 0 Å². The van der Waals surface area contributed by atoms with Gasteiger partial charge in [0, 0.05) is 35.9 Å². The molecule has 100 valence electrons. The number of likely N-dealkylation sites (tertiary alicyclic amines) is 1. The summed E-state index contributed by atoms with van der Waals surface area (Å²) in [4.78, 5) is 2.54. The molecule has 0 aliphatic carbocycles. The summed E-state index contributed by atoms with van der Waals surface area (Å²) in [5.41, 5.74) is 2.28. The van der Waals surface area contributed by atoms with Crippen molar-refractivity contribution in [2.45, 2.75) is 45.7 Å². The lowest BCUT2D eigenvalue weighted by Gasteiger charge is -2.35. The minimum Gasteiger partial charge on any atom is -0.382 e. The van der Waals surface area contributed by atoms with E-state index in [0.717, 1.165) is 16.3 Å². The van der Waals surface area contributed by atoms with Gasteiger partial charge in [-0.1, -0.05) is 17.7 Å². The van der Waals surface area contributed by atoms with E-state index in [1.165, 1.54) is 25.9 Å². The first-order valence-corrected chi connectivity index (χ1v) is 7.21. The van der Waals surface area contributed by atoms with Gasteiger partial charge in [-0.15, -0.1) is 0 Å². The number of anilines is 1. The van der Waals surface area contributed by atoms with Gasteiger partial charge in [-0.3, -0.25) is 0 Å². The Morgan fingerprint density at radius 2 is 1.94 bits per heavy atom. The van der Waals surface area contributed by atoms with E-state index in [1.807, 2.05) is 13.0 Å². The highest BCUT2D eigenvalue weighted by molar-refractivity contribution is 6.31. The van der Waals surface area contributed by atoms with Crippen molar-refractivity contribution in [3.8, 4) is 0 Å². The molecule has 0 spiro atoms. The largest absolute Gasteiger partial charge is 0.382 e. The topological polar surface area (TPSA) is 15.3 Å². The Hall–Kier alpha value is -0.730. The van der Waals surface area contributed by atoms with Gasteiger partial charge in [0.25, 0.3) is 0 Å². The zero-order valence-electron chi connectivity index (χ0n) is 11.5. The van der Waals surface area contributed by atoms with Gasteiger partial charge in [0.2, 0.25) is 0 Å². The Bertz CT molecular complexity index is 395. The first-order chi connectivity index (χ1) is 8.56. The van der Waals surface area contributed by atoms with Crippen molar-refractivity contribution in [3.63, 3.8) is 0 Å². The van der Waals surface area contributed by atoms with Crippen LogP contribution in [0.3, 0.4) is 0 Å². The smallest absolute Gasteiger partial charge is 0.0455 e. The molecule has 1 aliphatic rings. The van der Waals surface area contributed by atoms with Gasteiger partial charge in [0.1, 0.15) is 0 Å². The van der Waals surface area contributed by atoms with Crippen molar-refractivity contribution in [2.24, 2.45) is 0 Å². The Kier molecular flexibility index (Phi) is 4.52. The first-order valence-electron chi connectivity index (χ1n) is 6.83. The highest BCUT2D eigenvalue weighted by Crippen LogP contribution is 2.23. The molecular formula is C15H23ClN2. The van der Waals surface area contributed by atoms with E-state index >= 15 is 0 Å². The van der Waals surface area contributed by atoms with Crippen LogP contribution < -0.4 is 5.32 Å². The second-order valence-corrected chi connectivity index (χ2v) is 5.92. The maximum Gasteiger partial charge on any atom is 0.0455 e. The number of piperidine rings is 1. The molecule has 1 aliphatic heterocycles. The number of benzene rings is 1. The summed E-state index contributed by atoms with van der Waals surface area (Å²) in [6.07, 6.45) is 2.42. The number of hydrogen-bond acceptors (Lipinski definition) is 2. The molecule has 1 N–H and O–H groups in total. The molecule has 0 atom stereocenters. The molecular weight excluding hydrogens is 244 g/mol. The highest BCUT2D eigenvalue weighted by atomic mass is 35.5. The third-order valence-corrected chi connectivity index (χ3v) is 4.21. The predicted molar refractivity (Wildman–Crippen MR) is 79.5 cm³/mol. The number of hydrogen-bond donors (Lipinski definition) is 1. The summed E-state index contributed by atoms with van der Waals surface area (Å²) in [5, 5.41) is 4.44. The van der Waals surface area contributed by atoms with Gasteiger partial charge in [-0.05, 0) is 51.3 Å². The Morgan fingerprint density at radius 3 is 2.50 bits per heavy atom. The molecule has 1 aromatic rings. The SMILES string of the molecule is Cc1ccc(NC2CCN(C(C)C)CC2)cc1Cl. The third kappa shape index (κ3) is 3.39. The molecule has 3 heteroatoms. The normalized spacial score (nSPS) is 18.3. The van der Waals surface area contributed by atoms with Crippen molar-refractivity contribution in [1.29, 1.82) is 0 Å². The number of nitrogens with zero attached hydrogens (tertiary/aromatic N) is 1. The molecule has 0 radical (unpaired) electrons. The van der Waals surface area contributed by atoms with Crippen LogP contribution in [0.1, 0.15) is 32.3 Å². The van der Waals surface area contributed by atoms with E-state index < -0.39 is 0 Å². The van der Waals surface area contributed by atoms with Gasteiger partial charge in [0.15, 0.2) is 0 Å². The standard InChI is InChI=1S/C15H23ClN2/c1-11(2)18-8-6-13(7-9-18)17-14-5-4-12(3)15(16)10-14/h4-5,10-11,13,17H,6-9H2,1-3H3. The Balaban J connectivity index is 1.89. The lowest BCUT2D eigenvalue weighted by molar-refractivity contribution is 0.177. The lowest BCUT2D eigenvalue weighted by Crippen LogP contribution is -2.42. The number of aryl methyl sites for hydroxylation is 1. The van der Waals surface area contributed by atoms with E-state index in [0.29, 0.717) is 12.1 Å². The van der Waals surface area contributed by atoms with Crippen LogP contribution in [-0.2, 0) is 0 Å². The molecule has 2 nitrogen and oxygen atoms in total. The summed E-state index contributed by atoms with van der Waals surface area (Å²) in [5.74, 6) is 0. The average molecular weight is 267 g/mol. The van der Waals surface area contributed by atoms with Crippen LogP contribution >= 0.6 is 11.6 Å². The van der Waals surface area contributed by atoms with Crippen molar-refractivity contribution < 1.29 is 0 Å². The molecule has 18 heavy (non-hydrogen) atoms. The van der Waals surface area contributed by atoms with Crippen molar-refractivity contribution in [3.05, 3.63) is 28.8 Å². The minimum absolute atomic E-state index is 0.582. The molecule has 2 rings (SSSR count). The van der Waals surface area contributed by atoms with E-state index in [9.17, 15) is 0 Å². The van der Waals surface area contributed by atoms with Gasteiger partial charge in [-0.2, -0.15) is 0 Å². The Labute approximate surface area is 115 Å². The third-order valence-electron chi connectivity index (χ3n) is 3.80. The molecule has 0 unspecified atom stereocenters. The average Bonchev–Trinajstić information content (AvgIpc) is 2.34. The fourth-order valence-electron chi connectivity index (χ4n) is 2.48. The molecule has 0 aromatic heterocycles. The molecule has 1 heterocycles. The maximum absolute atomic E-state index is 6.15. The van der Waals surface area contributed by atoms with Gasteiger partial charge in [-0.25, -0.2) is 0 Å². The van der Waals surface area contributed by atoms with Crippen LogP contribution in [0.2, 0.25) is 5.02 Å². The van der Waals surface area contributed by atoms with Crippen LogP contribution in [0, 0.1) is 6.92 Å². The predicted octanol–water partition coefficient (Wildman–Crippen LogP) is 3.93. The zero-order valence-corrected chi connectivity index (χ0v) is 12.3. The first kappa shape index (κ1) is 13.7. The maximum atomic E-state index is 6.15. The van der Waals surface area contributed by atoms with E-state index in [2.05, 4.69) is 36.2 Å². The fraction of sp³-hybridized carbons (Fsp3) is 0.600. The second-order valence-electron chi connectivity index (χ2n) is 5.51. The van der Waals surface area contributed by atoms with Crippen LogP contribution in [0.5, 0.6) is 0 Å². The summed E-state index contributed by atoms with van der Waals surface area (Å²) in [6, 6.07) is 7.48. The number of nitrogens with one attached hydrogen (secondary N) is 1. The molecule has 1 aromatic carbocycles. The molecule has 0 bridgehead atoms. The van der Waals surface area contributed by atoms with Crippen LogP contribution in [0.25, 0.3) is 0 Å². The minimum atomic E-state index is 0.582. The summed E-state index contributed by atoms with van der Waals surface area (Å²) in [6.45, 7) is 8.96. The van der Waals surface area contributed by atoms with E-state index in [-0.39, 0.29) is 0 Å². The zero-order chi connectivity index (χ0) is 13.1. The van der Waals surface area contributed by atoms with Crippen LogP contribution in [0.4, 0.5) is 5.69 Å². The monoisotopic (exact) mass is 266 g/mol. The van der Waals surface area contributed by atoms with Crippen molar-refractivity contribution in [1.82, 2.24) is 4.90 Å². The molecule has 1 saturated heterocycles. The van der Waals surface area contributed by atoms with Crippen molar-refractivity contribution >= 4 is 17.3 Å². The van der Waals surface area contributed by atoms with E-state index in [4.69, 9.17) is 11.6 Å². The Morgan fingerprint density at radius 1 is 1.28 bits per heavy atom. The molecule has 0 amide bonds. The molecule has 0 saturated carbocycles. The van der Waals surface area contributed by atoms with Crippen molar-refractivity contribution in [2.75, 3.05) is 18.4 Å². The molecule has 1 fully saturated rings. The summed E-state index contributed by atoms with van der Waals surface area (Å²) >= 11 is 6.15. The van der Waals surface area contributed by atoms with E-state index in [1.54, 1.807) is 0 Å². The van der Waals surface area contributed by atoms with Gasteiger partial charge < -0.3 is 10.2 Å². The summed E-state index contributed by atoms with van der Waals surface area (Å²) in [7, 11) is 0. The highest BCUT2D eigenvalue weighted by Gasteiger charge is 2.20. The number of halogens is 1. The quantitative estimate of drug-likeness (QED) is 0.892. The summed E-state index contributed by atoms with van der Waals surface area (Å²) < 4.78 is 0.